The summed E-state index contributed by atoms with van der Waals surface area (Å²) < 4.78 is 11.0. The first kappa shape index (κ1) is 15.0. The summed E-state index contributed by atoms with van der Waals surface area (Å²) in [5.41, 5.74) is 7.30. The van der Waals surface area contributed by atoms with Gasteiger partial charge in [-0.2, -0.15) is 0 Å². The van der Waals surface area contributed by atoms with E-state index in [9.17, 15) is 9.90 Å². The largest absolute Gasteiger partial charge is 0.545 e. The Kier molecular flexibility index (Phi) is 3.93. The molecule has 2 aromatic carbocycles. The maximum Gasteiger partial charge on any atom is 0.196 e. The molecular formula is C18H16NO4-. The molecule has 5 heteroatoms. The summed E-state index contributed by atoms with van der Waals surface area (Å²) in [7, 11) is 0. The van der Waals surface area contributed by atoms with Crippen molar-refractivity contribution >= 4 is 5.97 Å². The number of rotatable bonds is 4. The van der Waals surface area contributed by atoms with Gasteiger partial charge in [0.1, 0.15) is 11.5 Å². The van der Waals surface area contributed by atoms with Crippen molar-refractivity contribution in [2.75, 3.05) is 6.61 Å². The van der Waals surface area contributed by atoms with Crippen LogP contribution in [0.15, 0.2) is 60.0 Å². The molecule has 1 aliphatic rings. The van der Waals surface area contributed by atoms with E-state index in [1.807, 2.05) is 37.3 Å². The standard InChI is InChI=1S/C18H17NO4/c1-2-22-12-8-9-13-14(10-12)23-17(19)16(18(20)21)15(13)11-6-4-3-5-7-11/h3-10,15H,2,19H2,1H3,(H,20,21)/p-1/t15-/m1/s1. The predicted octanol–water partition coefficient (Wildman–Crippen LogP) is 1.53. The molecule has 0 spiro atoms. The number of aliphatic carboxylic acids is 1. The van der Waals surface area contributed by atoms with E-state index in [2.05, 4.69) is 0 Å². The lowest BCUT2D eigenvalue weighted by Gasteiger charge is -2.30. The lowest BCUT2D eigenvalue weighted by molar-refractivity contribution is -0.299. The third-order valence-electron chi connectivity index (χ3n) is 3.73. The van der Waals surface area contributed by atoms with Crippen molar-refractivity contribution in [3.8, 4) is 11.5 Å². The molecule has 3 rings (SSSR count). The minimum atomic E-state index is -1.34. The van der Waals surface area contributed by atoms with Gasteiger partial charge < -0.3 is 25.1 Å². The van der Waals surface area contributed by atoms with Gasteiger partial charge in [0.25, 0.3) is 0 Å². The van der Waals surface area contributed by atoms with Crippen molar-refractivity contribution in [2.24, 2.45) is 5.73 Å². The lowest BCUT2D eigenvalue weighted by Crippen LogP contribution is -2.34. The monoisotopic (exact) mass is 310 g/mol. The molecule has 0 radical (unpaired) electrons. The van der Waals surface area contributed by atoms with Crippen molar-refractivity contribution < 1.29 is 19.4 Å². The van der Waals surface area contributed by atoms with Crippen LogP contribution in [0.1, 0.15) is 24.0 Å². The van der Waals surface area contributed by atoms with E-state index in [0.717, 1.165) is 5.56 Å². The highest BCUT2D eigenvalue weighted by Gasteiger charge is 2.31. The highest BCUT2D eigenvalue weighted by molar-refractivity contribution is 5.89. The van der Waals surface area contributed by atoms with Crippen LogP contribution in [0.25, 0.3) is 0 Å². The van der Waals surface area contributed by atoms with E-state index < -0.39 is 11.9 Å². The first-order chi connectivity index (χ1) is 11.1. The lowest BCUT2D eigenvalue weighted by atomic mass is 9.83. The first-order valence-corrected chi connectivity index (χ1v) is 7.32. The molecule has 1 heterocycles. The van der Waals surface area contributed by atoms with Crippen LogP contribution in [-0.2, 0) is 4.79 Å². The Balaban J connectivity index is 2.16. The number of benzene rings is 2. The molecule has 5 nitrogen and oxygen atoms in total. The fourth-order valence-electron chi connectivity index (χ4n) is 2.78. The zero-order valence-corrected chi connectivity index (χ0v) is 12.6. The van der Waals surface area contributed by atoms with Gasteiger partial charge in [-0.3, -0.25) is 0 Å². The SMILES string of the molecule is CCOc1ccc2c(c1)OC(N)=C(C(=O)[O-])[C@@H]2c1ccccc1. The van der Waals surface area contributed by atoms with E-state index in [4.69, 9.17) is 15.2 Å². The molecule has 1 atom stereocenters. The number of carboxylic acids is 1. The minimum Gasteiger partial charge on any atom is -0.545 e. The second-order valence-electron chi connectivity index (χ2n) is 5.14. The van der Waals surface area contributed by atoms with E-state index in [1.54, 1.807) is 18.2 Å². The molecule has 2 aromatic rings. The van der Waals surface area contributed by atoms with Crippen LogP contribution < -0.4 is 20.3 Å². The molecule has 0 saturated heterocycles. The second-order valence-corrected chi connectivity index (χ2v) is 5.14. The van der Waals surface area contributed by atoms with Crippen molar-refractivity contribution in [3.63, 3.8) is 0 Å². The fraction of sp³-hybridized carbons (Fsp3) is 0.167. The quantitative estimate of drug-likeness (QED) is 0.925. The Labute approximate surface area is 134 Å². The normalized spacial score (nSPS) is 16.5. The average Bonchev–Trinajstić information content (AvgIpc) is 2.54. The van der Waals surface area contributed by atoms with Gasteiger partial charge in [0.05, 0.1) is 12.6 Å². The summed E-state index contributed by atoms with van der Waals surface area (Å²) in [6.45, 7) is 2.41. The van der Waals surface area contributed by atoms with Gasteiger partial charge in [0.15, 0.2) is 5.88 Å². The predicted molar refractivity (Wildman–Crippen MR) is 82.7 cm³/mol. The number of carboxylic acid groups (broad SMARTS) is 1. The molecule has 0 saturated carbocycles. The summed E-state index contributed by atoms with van der Waals surface area (Å²) in [5.74, 6) is -0.897. The molecule has 0 aromatic heterocycles. The fourth-order valence-corrected chi connectivity index (χ4v) is 2.78. The maximum absolute atomic E-state index is 11.6. The number of fused-ring (bicyclic) bond motifs is 1. The molecular weight excluding hydrogens is 294 g/mol. The van der Waals surface area contributed by atoms with Crippen LogP contribution in [-0.4, -0.2) is 12.6 Å². The van der Waals surface area contributed by atoms with Gasteiger partial charge in [-0.15, -0.1) is 0 Å². The summed E-state index contributed by atoms with van der Waals surface area (Å²) in [6, 6.07) is 14.6. The van der Waals surface area contributed by atoms with Crippen molar-refractivity contribution in [1.29, 1.82) is 0 Å². The Morgan fingerprint density at radius 1 is 1.26 bits per heavy atom. The van der Waals surface area contributed by atoms with Crippen LogP contribution in [0, 0.1) is 0 Å². The van der Waals surface area contributed by atoms with Crippen molar-refractivity contribution in [2.45, 2.75) is 12.8 Å². The second kappa shape index (κ2) is 6.04. The van der Waals surface area contributed by atoms with Gasteiger partial charge in [0.2, 0.25) is 0 Å². The molecule has 118 valence electrons. The number of hydrogen-bond donors (Lipinski definition) is 1. The molecule has 0 unspecified atom stereocenters. The zero-order valence-electron chi connectivity index (χ0n) is 12.6. The molecule has 0 bridgehead atoms. The van der Waals surface area contributed by atoms with Crippen molar-refractivity contribution in [3.05, 3.63) is 71.1 Å². The third-order valence-corrected chi connectivity index (χ3v) is 3.73. The summed E-state index contributed by atoms with van der Waals surface area (Å²) in [4.78, 5) is 11.6. The Morgan fingerprint density at radius 3 is 2.65 bits per heavy atom. The number of nitrogens with two attached hydrogens (primary N) is 1. The van der Waals surface area contributed by atoms with E-state index in [-0.39, 0.29) is 11.5 Å². The highest BCUT2D eigenvalue weighted by atomic mass is 16.5. The zero-order chi connectivity index (χ0) is 16.4. The topological polar surface area (TPSA) is 84.6 Å². The molecule has 23 heavy (non-hydrogen) atoms. The van der Waals surface area contributed by atoms with Crippen molar-refractivity contribution in [1.82, 2.24) is 0 Å². The average molecular weight is 310 g/mol. The highest BCUT2D eigenvalue weighted by Crippen LogP contribution is 2.43. The summed E-state index contributed by atoms with van der Waals surface area (Å²) in [5, 5.41) is 11.6. The Morgan fingerprint density at radius 2 is 2.00 bits per heavy atom. The van der Waals surface area contributed by atoms with Crippen LogP contribution >= 0.6 is 0 Å². The Hall–Kier alpha value is -2.95. The number of carbonyl (C=O) groups excluding carboxylic acids is 1. The minimum absolute atomic E-state index is 0.0622. The van der Waals surface area contributed by atoms with Crippen LogP contribution in [0.4, 0.5) is 0 Å². The van der Waals surface area contributed by atoms with Gasteiger partial charge in [-0.1, -0.05) is 36.4 Å². The molecule has 0 fully saturated rings. The first-order valence-electron chi connectivity index (χ1n) is 7.32. The number of ether oxygens (including phenoxy) is 2. The molecule has 0 aliphatic carbocycles. The smallest absolute Gasteiger partial charge is 0.196 e. The van der Waals surface area contributed by atoms with E-state index in [0.29, 0.717) is 23.7 Å². The van der Waals surface area contributed by atoms with Gasteiger partial charge >= 0.3 is 0 Å². The maximum atomic E-state index is 11.6. The van der Waals surface area contributed by atoms with E-state index >= 15 is 0 Å². The van der Waals surface area contributed by atoms with E-state index in [1.165, 1.54) is 0 Å². The summed E-state index contributed by atoms with van der Waals surface area (Å²) >= 11 is 0. The summed E-state index contributed by atoms with van der Waals surface area (Å²) in [6.07, 6.45) is 0. The van der Waals surface area contributed by atoms with Crippen LogP contribution in [0.5, 0.6) is 11.5 Å². The van der Waals surface area contributed by atoms with Crippen LogP contribution in [0.2, 0.25) is 0 Å². The number of hydrogen-bond acceptors (Lipinski definition) is 5. The Bertz CT molecular complexity index is 768. The third kappa shape index (κ3) is 2.73. The van der Waals surface area contributed by atoms with Gasteiger partial charge in [-0.25, -0.2) is 0 Å². The van der Waals surface area contributed by atoms with Gasteiger partial charge in [0, 0.05) is 23.1 Å². The molecule has 0 amide bonds. The van der Waals surface area contributed by atoms with Crippen LogP contribution in [0.3, 0.4) is 0 Å². The number of carbonyl (C=O) groups is 1. The molecule has 2 N–H and O–H groups in total. The molecule has 1 aliphatic heterocycles. The van der Waals surface area contributed by atoms with Gasteiger partial charge in [-0.05, 0) is 18.6 Å².